The van der Waals surface area contributed by atoms with E-state index in [4.69, 9.17) is 4.74 Å². The fourth-order valence-corrected chi connectivity index (χ4v) is 2.58. The molecule has 0 fully saturated rings. The van der Waals surface area contributed by atoms with Crippen LogP contribution in [0, 0.1) is 18.2 Å². The van der Waals surface area contributed by atoms with E-state index in [1.807, 2.05) is 26.0 Å². The average Bonchev–Trinajstić information content (AvgIpc) is 2.36. The summed E-state index contributed by atoms with van der Waals surface area (Å²) in [5, 5.41) is 0. The maximum Gasteiger partial charge on any atom is 0.168 e. The molecule has 1 aromatic rings. The van der Waals surface area contributed by atoms with Gasteiger partial charge in [-0.3, -0.25) is 0 Å². The van der Waals surface area contributed by atoms with Crippen molar-refractivity contribution < 1.29 is 9.13 Å². The molecule has 1 aromatic carbocycles. The van der Waals surface area contributed by atoms with Crippen LogP contribution in [0.1, 0.15) is 58.1 Å². The molecule has 1 nitrogen and oxygen atoms in total. The number of benzene rings is 1. The Morgan fingerprint density at radius 2 is 1.95 bits per heavy atom. The van der Waals surface area contributed by atoms with E-state index in [1.165, 1.54) is 5.57 Å². The molecule has 0 spiro atoms. The van der Waals surface area contributed by atoms with E-state index in [2.05, 4.69) is 19.9 Å². The molecule has 0 unspecified atom stereocenters. The van der Waals surface area contributed by atoms with Gasteiger partial charge >= 0.3 is 0 Å². The van der Waals surface area contributed by atoms with Crippen LogP contribution in [0.5, 0.6) is 5.75 Å². The first kappa shape index (κ1) is 15.1. The fourth-order valence-electron chi connectivity index (χ4n) is 2.58. The Morgan fingerprint density at radius 3 is 2.50 bits per heavy atom. The third-order valence-corrected chi connectivity index (χ3v) is 3.96. The molecular formula is C18H25FO. The minimum atomic E-state index is -0.220. The predicted octanol–water partition coefficient (Wildman–Crippen LogP) is 5.51. The van der Waals surface area contributed by atoms with Gasteiger partial charge in [0, 0.05) is 5.56 Å². The van der Waals surface area contributed by atoms with Crippen LogP contribution in [-0.4, -0.2) is 6.10 Å². The van der Waals surface area contributed by atoms with E-state index in [1.54, 1.807) is 6.92 Å². The Balaban J connectivity index is 2.41. The molecule has 0 radical (unpaired) electrons. The van der Waals surface area contributed by atoms with E-state index in [9.17, 15) is 4.39 Å². The molecule has 0 atom stereocenters. The van der Waals surface area contributed by atoms with Gasteiger partial charge in [-0.15, -0.1) is 0 Å². The predicted molar refractivity (Wildman–Crippen MR) is 82.5 cm³/mol. The lowest BCUT2D eigenvalue weighted by Gasteiger charge is -2.29. The van der Waals surface area contributed by atoms with Crippen LogP contribution in [0.3, 0.4) is 0 Å². The highest BCUT2D eigenvalue weighted by Crippen LogP contribution is 2.41. The van der Waals surface area contributed by atoms with Crippen molar-refractivity contribution in [2.45, 2.75) is 60.0 Å². The molecule has 0 aliphatic heterocycles. The van der Waals surface area contributed by atoms with Gasteiger partial charge in [0.05, 0.1) is 6.10 Å². The summed E-state index contributed by atoms with van der Waals surface area (Å²) in [6.45, 7) is 10.2. The number of halogens is 1. The van der Waals surface area contributed by atoms with Crippen molar-refractivity contribution in [3.63, 3.8) is 0 Å². The largest absolute Gasteiger partial charge is 0.487 e. The lowest BCUT2D eigenvalue weighted by Crippen LogP contribution is -2.15. The first-order valence-electron chi connectivity index (χ1n) is 7.45. The molecule has 0 heterocycles. The monoisotopic (exact) mass is 276 g/mol. The number of rotatable bonds is 3. The number of hydrogen-bond donors (Lipinski definition) is 0. The quantitative estimate of drug-likeness (QED) is 0.706. The molecular weight excluding hydrogens is 251 g/mol. The standard InChI is InChI=1S/C18H25FO/c1-12(2)20-17-15(7-6-13(3)16(17)19)14-8-10-18(4,5)11-9-14/h6-8,12H,9-11H2,1-5H3. The van der Waals surface area contributed by atoms with Crippen LogP contribution >= 0.6 is 0 Å². The summed E-state index contributed by atoms with van der Waals surface area (Å²) in [5.74, 6) is 0.202. The zero-order chi connectivity index (χ0) is 14.9. The van der Waals surface area contributed by atoms with Crippen LogP contribution in [0.2, 0.25) is 0 Å². The third kappa shape index (κ3) is 3.23. The van der Waals surface area contributed by atoms with Crippen molar-refractivity contribution in [1.29, 1.82) is 0 Å². The molecule has 1 aliphatic carbocycles. The highest BCUT2D eigenvalue weighted by Gasteiger charge is 2.24. The minimum Gasteiger partial charge on any atom is -0.487 e. The topological polar surface area (TPSA) is 9.23 Å². The van der Waals surface area contributed by atoms with Crippen LogP contribution in [0.25, 0.3) is 5.57 Å². The van der Waals surface area contributed by atoms with Gasteiger partial charge in [0.25, 0.3) is 0 Å². The Morgan fingerprint density at radius 1 is 1.25 bits per heavy atom. The third-order valence-electron chi connectivity index (χ3n) is 3.96. The molecule has 0 bridgehead atoms. The van der Waals surface area contributed by atoms with Gasteiger partial charge < -0.3 is 4.74 Å². The molecule has 1 aliphatic rings. The summed E-state index contributed by atoms with van der Waals surface area (Å²) in [5.41, 5.74) is 3.14. The van der Waals surface area contributed by atoms with E-state index in [0.29, 0.717) is 16.7 Å². The molecule has 0 amide bonds. The Labute approximate surface area is 121 Å². The number of hydrogen-bond acceptors (Lipinski definition) is 1. The molecule has 0 aromatic heterocycles. The van der Waals surface area contributed by atoms with Crippen molar-refractivity contribution in [2.75, 3.05) is 0 Å². The smallest absolute Gasteiger partial charge is 0.168 e. The van der Waals surface area contributed by atoms with Gasteiger partial charge in [0.2, 0.25) is 0 Å². The normalized spacial score (nSPS) is 18.1. The van der Waals surface area contributed by atoms with E-state index in [0.717, 1.165) is 24.8 Å². The first-order valence-corrected chi connectivity index (χ1v) is 7.45. The second kappa shape index (κ2) is 5.59. The van der Waals surface area contributed by atoms with Gasteiger partial charge in [-0.25, -0.2) is 4.39 Å². The number of aryl methyl sites for hydroxylation is 1. The zero-order valence-electron chi connectivity index (χ0n) is 13.2. The molecule has 2 heteroatoms. The summed E-state index contributed by atoms with van der Waals surface area (Å²) in [7, 11) is 0. The van der Waals surface area contributed by atoms with Crippen molar-refractivity contribution in [2.24, 2.45) is 5.41 Å². The van der Waals surface area contributed by atoms with Crippen molar-refractivity contribution >= 4 is 5.57 Å². The van der Waals surface area contributed by atoms with Crippen LogP contribution in [0.15, 0.2) is 18.2 Å². The van der Waals surface area contributed by atoms with Crippen molar-refractivity contribution in [3.05, 3.63) is 35.2 Å². The summed E-state index contributed by atoms with van der Waals surface area (Å²) >= 11 is 0. The Kier molecular flexibility index (Phi) is 4.22. The molecule has 0 N–H and O–H groups in total. The van der Waals surface area contributed by atoms with Crippen LogP contribution < -0.4 is 4.74 Å². The summed E-state index contributed by atoms with van der Waals surface area (Å²) in [6, 6.07) is 3.85. The van der Waals surface area contributed by atoms with Gasteiger partial charge in [0.1, 0.15) is 0 Å². The highest BCUT2D eigenvalue weighted by molar-refractivity contribution is 5.72. The molecule has 0 saturated heterocycles. The first-order chi connectivity index (χ1) is 9.30. The van der Waals surface area contributed by atoms with E-state index < -0.39 is 0 Å². The van der Waals surface area contributed by atoms with E-state index in [-0.39, 0.29) is 11.9 Å². The summed E-state index contributed by atoms with van der Waals surface area (Å²) in [4.78, 5) is 0. The minimum absolute atomic E-state index is 0.0225. The van der Waals surface area contributed by atoms with Gasteiger partial charge in [0.15, 0.2) is 11.6 Å². The summed E-state index contributed by atoms with van der Waals surface area (Å²) in [6.07, 6.45) is 5.39. The van der Waals surface area contributed by atoms with Gasteiger partial charge in [-0.05, 0) is 56.6 Å². The Hall–Kier alpha value is -1.31. The zero-order valence-corrected chi connectivity index (χ0v) is 13.2. The fraction of sp³-hybridized carbons (Fsp3) is 0.556. The van der Waals surface area contributed by atoms with Crippen LogP contribution in [0.4, 0.5) is 4.39 Å². The molecule has 2 rings (SSSR count). The SMILES string of the molecule is Cc1ccc(C2=CCC(C)(C)CC2)c(OC(C)C)c1F. The highest BCUT2D eigenvalue weighted by atomic mass is 19.1. The van der Waals surface area contributed by atoms with Crippen molar-refractivity contribution in [1.82, 2.24) is 0 Å². The number of allylic oxidation sites excluding steroid dienone is 2. The second-order valence-corrected chi connectivity index (χ2v) is 6.84. The Bertz CT molecular complexity index is 526. The lowest BCUT2D eigenvalue weighted by atomic mass is 9.77. The molecule has 0 saturated carbocycles. The maximum absolute atomic E-state index is 14.4. The average molecular weight is 276 g/mol. The lowest BCUT2D eigenvalue weighted by molar-refractivity contribution is 0.229. The van der Waals surface area contributed by atoms with Gasteiger partial charge in [-0.1, -0.05) is 32.1 Å². The van der Waals surface area contributed by atoms with E-state index >= 15 is 0 Å². The van der Waals surface area contributed by atoms with Crippen LogP contribution in [-0.2, 0) is 0 Å². The van der Waals surface area contributed by atoms with Crippen molar-refractivity contribution in [3.8, 4) is 5.75 Å². The second-order valence-electron chi connectivity index (χ2n) is 6.84. The van der Waals surface area contributed by atoms with Gasteiger partial charge in [-0.2, -0.15) is 0 Å². The summed E-state index contributed by atoms with van der Waals surface area (Å²) < 4.78 is 20.1. The molecule has 20 heavy (non-hydrogen) atoms. The maximum atomic E-state index is 14.4. The molecule has 110 valence electrons. The number of ether oxygens (including phenoxy) is 1.